The Morgan fingerprint density at radius 2 is 1.96 bits per heavy atom. The molecular formula is C19H20N2O3. The molecule has 0 saturated carbocycles. The fourth-order valence-corrected chi connectivity index (χ4v) is 2.47. The van der Waals surface area contributed by atoms with Crippen LogP contribution in [0.2, 0.25) is 0 Å². The summed E-state index contributed by atoms with van der Waals surface area (Å²) < 4.78 is 11.1. The number of amides is 1. The largest absolute Gasteiger partial charge is 0.491 e. The van der Waals surface area contributed by atoms with E-state index in [2.05, 4.69) is 10.3 Å². The molecule has 3 rings (SSSR count). The zero-order chi connectivity index (χ0) is 17.1. The number of fused-ring (bicyclic) bond motifs is 1. The summed E-state index contributed by atoms with van der Waals surface area (Å²) in [6.07, 6.45) is 0.403. The minimum Gasteiger partial charge on any atom is -0.491 e. The maximum atomic E-state index is 12.2. The van der Waals surface area contributed by atoms with Gasteiger partial charge in [-0.05, 0) is 55.8 Å². The first kappa shape index (κ1) is 16.1. The van der Waals surface area contributed by atoms with Gasteiger partial charge in [0.1, 0.15) is 11.3 Å². The highest BCUT2D eigenvalue weighted by molar-refractivity contribution is 5.92. The Kier molecular flexibility index (Phi) is 4.51. The molecule has 0 fully saturated rings. The molecule has 0 unspecified atom stereocenters. The first-order chi connectivity index (χ1) is 11.5. The number of ether oxygens (including phenoxy) is 1. The molecule has 0 spiro atoms. The van der Waals surface area contributed by atoms with Crippen LogP contribution in [-0.4, -0.2) is 17.0 Å². The van der Waals surface area contributed by atoms with Gasteiger partial charge in [0.15, 0.2) is 11.5 Å². The molecule has 5 nitrogen and oxygen atoms in total. The Labute approximate surface area is 140 Å². The van der Waals surface area contributed by atoms with Gasteiger partial charge in [0.05, 0.1) is 12.5 Å². The first-order valence-corrected chi connectivity index (χ1v) is 7.92. The van der Waals surface area contributed by atoms with Crippen molar-refractivity contribution in [1.29, 1.82) is 0 Å². The number of anilines is 1. The summed E-state index contributed by atoms with van der Waals surface area (Å²) in [4.78, 5) is 16.4. The average Bonchev–Trinajstić information content (AvgIpc) is 2.88. The van der Waals surface area contributed by atoms with Gasteiger partial charge >= 0.3 is 0 Å². The van der Waals surface area contributed by atoms with Gasteiger partial charge in [0.2, 0.25) is 5.91 Å². The van der Waals surface area contributed by atoms with Gasteiger partial charge in [0.25, 0.3) is 0 Å². The van der Waals surface area contributed by atoms with E-state index in [1.165, 1.54) is 0 Å². The molecule has 0 saturated heterocycles. The van der Waals surface area contributed by atoms with Gasteiger partial charge in [-0.15, -0.1) is 0 Å². The summed E-state index contributed by atoms with van der Waals surface area (Å²) >= 11 is 0. The number of nitrogens with zero attached hydrogens (tertiary/aromatic N) is 1. The van der Waals surface area contributed by atoms with Crippen LogP contribution in [0.1, 0.15) is 25.3 Å². The number of nitrogens with one attached hydrogen (secondary N) is 1. The van der Waals surface area contributed by atoms with E-state index < -0.39 is 0 Å². The third kappa shape index (κ3) is 3.93. The van der Waals surface area contributed by atoms with Crippen molar-refractivity contribution in [3.63, 3.8) is 0 Å². The number of benzene rings is 2. The van der Waals surface area contributed by atoms with Crippen molar-refractivity contribution in [2.45, 2.75) is 33.3 Å². The topological polar surface area (TPSA) is 64.4 Å². The lowest BCUT2D eigenvalue weighted by Gasteiger charge is -2.10. The molecule has 124 valence electrons. The van der Waals surface area contributed by atoms with E-state index in [1.54, 1.807) is 6.92 Å². The van der Waals surface area contributed by atoms with Crippen LogP contribution in [0.25, 0.3) is 11.1 Å². The number of rotatable bonds is 5. The Morgan fingerprint density at radius 1 is 1.21 bits per heavy atom. The number of hydrogen-bond donors (Lipinski definition) is 1. The number of aryl methyl sites for hydroxylation is 1. The lowest BCUT2D eigenvalue weighted by atomic mass is 10.1. The molecule has 0 bridgehead atoms. The minimum atomic E-state index is -0.0804. The second kappa shape index (κ2) is 6.74. The highest BCUT2D eigenvalue weighted by Crippen LogP contribution is 2.19. The Hall–Kier alpha value is -2.82. The second-order valence-corrected chi connectivity index (χ2v) is 5.95. The van der Waals surface area contributed by atoms with E-state index in [-0.39, 0.29) is 18.4 Å². The van der Waals surface area contributed by atoms with Crippen LogP contribution in [0.15, 0.2) is 46.9 Å². The van der Waals surface area contributed by atoms with Crippen LogP contribution in [0.3, 0.4) is 0 Å². The van der Waals surface area contributed by atoms with E-state index in [0.29, 0.717) is 11.5 Å². The van der Waals surface area contributed by atoms with Gasteiger partial charge < -0.3 is 14.5 Å². The molecule has 0 atom stereocenters. The highest BCUT2D eigenvalue weighted by Gasteiger charge is 2.08. The molecule has 0 aliphatic rings. The van der Waals surface area contributed by atoms with Crippen molar-refractivity contribution in [1.82, 2.24) is 4.98 Å². The van der Waals surface area contributed by atoms with Crippen LogP contribution in [0, 0.1) is 6.92 Å². The molecule has 1 amide bonds. The fraction of sp³-hybridized carbons (Fsp3) is 0.263. The zero-order valence-corrected chi connectivity index (χ0v) is 14.0. The number of carbonyl (C=O) groups is 1. The van der Waals surface area contributed by atoms with Gasteiger partial charge in [-0.1, -0.05) is 6.07 Å². The number of aromatic nitrogens is 1. The van der Waals surface area contributed by atoms with Crippen LogP contribution < -0.4 is 10.1 Å². The standard InChI is InChI=1S/C19H20N2O3/c1-12(2)23-16-7-5-15(6-8-16)21-19(22)11-14-4-9-17-18(10-14)24-13(3)20-17/h4-10,12H,11H2,1-3H3,(H,21,22). The van der Waals surface area contributed by atoms with Crippen molar-refractivity contribution in [2.24, 2.45) is 0 Å². The lowest BCUT2D eigenvalue weighted by Crippen LogP contribution is -2.14. The Balaban J connectivity index is 1.63. The molecule has 1 N–H and O–H groups in total. The fourth-order valence-electron chi connectivity index (χ4n) is 2.47. The van der Waals surface area contributed by atoms with E-state index in [1.807, 2.05) is 56.3 Å². The second-order valence-electron chi connectivity index (χ2n) is 5.95. The molecule has 0 aliphatic carbocycles. The van der Waals surface area contributed by atoms with E-state index in [9.17, 15) is 4.79 Å². The van der Waals surface area contributed by atoms with Crippen molar-refractivity contribution >= 4 is 22.7 Å². The predicted octanol–water partition coefficient (Wildman–Crippen LogP) is 4.10. The maximum Gasteiger partial charge on any atom is 0.228 e. The summed E-state index contributed by atoms with van der Waals surface area (Å²) in [6.45, 7) is 5.75. The minimum absolute atomic E-state index is 0.0804. The summed E-state index contributed by atoms with van der Waals surface area (Å²) in [5.74, 6) is 1.33. The SMILES string of the molecule is Cc1nc2ccc(CC(=O)Nc3ccc(OC(C)C)cc3)cc2o1. The van der Waals surface area contributed by atoms with Crippen molar-refractivity contribution in [3.05, 3.63) is 53.9 Å². The van der Waals surface area contributed by atoms with Crippen molar-refractivity contribution in [3.8, 4) is 5.75 Å². The zero-order valence-electron chi connectivity index (χ0n) is 14.0. The van der Waals surface area contributed by atoms with Crippen LogP contribution in [0.5, 0.6) is 5.75 Å². The molecule has 2 aromatic carbocycles. The quantitative estimate of drug-likeness (QED) is 0.767. The molecule has 1 heterocycles. The number of hydrogen-bond acceptors (Lipinski definition) is 4. The highest BCUT2D eigenvalue weighted by atomic mass is 16.5. The van der Waals surface area contributed by atoms with Gasteiger partial charge in [-0.2, -0.15) is 0 Å². The maximum absolute atomic E-state index is 12.2. The van der Waals surface area contributed by atoms with Crippen molar-refractivity contribution in [2.75, 3.05) is 5.32 Å². The van der Waals surface area contributed by atoms with E-state index >= 15 is 0 Å². The number of carbonyl (C=O) groups excluding carboxylic acids is 1. The predicted molar refractivity (Wildman–Crippen MR) is 93.3 cm³/mol. The van der Waals surface area contributed by atoms with Gasteiger partial charge in [-0.3, -0.25) is 4.79 Å². The lowest BCUT2D eigenvalue weighted by molar-refractivity contribution is -0.115. The third-order valence-corrected chi connectivity index (χ3v) is 3.43. The molecular weight excluding hydrogens is 304 g/mol. The molecule has 3 aromatic rings. The van der Waals surface area contributed by atoms with Gasteiger partial charge in [-0.25, -0.2) is 4.98 Å². The third-order valence-electron chi connectivity index (χ3n) is 3.43. The molecule has 5 heteroatoms. The van der Waals surface area contributed by atoms with Gasteiger partial charge in [0, 0.05) is 12.6 Å². The van der Waals surface area contributed by atoms with Crippen molar-refractivity contribution < 1.29 is 13.9 Å². The summed E-state index contributed by atoms with van der Waals surface area (Å²) in [6, 6.07) is 13.0. The monoisotopic (exact) mass is 324 g/mol. The number of oxazole rings is 1. The first-order valence-electron chi connectivity index (χ1n) is 7.92. The Morgan fingerprint density at radius 3 is 2.67 bits per heavy atom. The molecule has 24 heavy (non-hydrogen) atoms. The summed E-state index contributed by atoms with van der Waals surface area (Å²) in [5.41, 5.74) is 3.13. The smallest absolute Gasteiger partial charge is 0.228 e. The molecule has 1 aromatic heterocycles. The van der Waals surface area contributed by atoms with E-state index in [4.69, 9.17) is 9.15 Å². The van der Waals surface area contributed by atoms with Crippen LogP contribution >= 0.6 is 0 Å². The normalized spacial score (nSPS) is 11.0. The van der Waals surface area contributed by atoms with Crippen LogP contribution in [-0.2, 0) is 11.2 Å². The van der Waals surface area contributed by atoms with E-state index in [0.717, 1.165) is 22.5 Å². The summed E-state index contributed by atoms with van der Waals surface area (Å²) in [5, 5.41) is 2.88. The average molecular weight is 324 g/mol. The molecule has 0 radical (unpaired) electrons. The summed E-state index contributed by atoms with van der Waals surface area (Å²) in [7, 11) is 0. The molecule has 0 aliphatic heterocycles. The Bertz CT molecular complexity index is 851. The van der Waals surface area contributed by atoms with Crippen LogP contribution in [0.4, 0.5) is 5.69 Å².